The van der Waals surface area contributed by atoms with Crippen LogP contribution in [0.1, 0.15) is 30.6 Å². The number of carbonyl (C=O) groups excluding carboxylic acids is 1. The summed E-state index contributed by atoms with van der Waals surface area (Å²) in [6.07, 6.45) is 2.03. The molecule has 0 aliphatic heterocycles. The van der Waals surface area contributed by atoms with Crippen LogP contribution < -0.4 is 5.32 Å². The summed E-state index contributed by atoms with van der Waals surface area (Å²) in [4.78, 5) is 34.5. The van der Waals surface area contributed by atoms with Gasteiger partial charge >= 0.3 is 5.97 Å². The number of hydrogen-bond donors (Lipinski definition) is 2. The zero-order chi connectivity index (χ0) is 16.9. The monoisotopic (exact) mass is 326 g/mol. The lowest BCUT2D eigenvalue weighted by atomic mass is 10.0. The number of nitro groups is 1. The Kier molecular flexibility index (Phi) is 6.36. The standard InChI is InChI=1S/C14H18N2O5S/c1-8(2)6-11(14(18)19)15-13(17)10-7-9(22-3)4-5-12(10)16(20)21/h4-5,7-8,11H,6H2,1-3H3,(H,15,17)(H,18,19)/t11-/m1/s1. The number of amides is 1. The summed E-state index contributed by atoms with van der Waals surface area (Å²) in [6.45, 7) is 3.66. The maximum absolute atomic E-state index is 12.2. The molecule has 120 valence electrons. The van der Waals surface area contributed by atoms with Crippen LogP contribution in [0.2, 0.25) is 0 Å². The predicted octanol–water partition coefficient (Wildman–Crippen LogP) is 2.55. The van der Waals surface area contributed by atoms with E-state index in [1.807, 2.05) is 13.8 Å². The van der Waals surface area contributed by atoms with Crippen molar-refractivity contribution in [2.45, 2.75) is 31.2 Å². The second kappa shape index (κ2) is 7.79. The van der Waals surface area contributed by atoms with Crippen molar-refractivity contribution < 1.29 is 19.6 Å². The molecule has 1 amide bonds. The number of benzene rings is 1. The van der Waals surface area contributed by atoms with E-state index in [1.54, 1.807) is 12.3 Å². The van der Waals surface area contributed by atoms with Crippen LogP contribution in [0.4, 0.5) is 5.69 Å². The highest BCUT2D eigenvalue weighted by molar-refractivity contribution is 7.98. The molecule has 7 nitrogen and oxygen atoms in total. The van der Waals surface area contributed by atoms with Gasteiger partial charge in [-0.25, -0.2) is 4.79 Å². The van der Waals surface area contributed by atoms with Gasteiger partial charge in [-0.1, -0.05) is 13.8 Å². The molecule has 1 atom stereocenters. The van der Waals surface area contributed by atoms with Crippen LogP contribution in [0, 0.1) is 16.0 Å². The Morgan fingerprint density at radius 1 is 1.41 bits per heavy atom. The van der Waals surface area contributed by atoms with Crippen molar-refractivity contribution in [3.8, 4) is 0 Å². The number of thioether (sulfide) groups is 1. The molecule has 0 bridgehead atoms. The molecule has 0 spiro atoms. The molecule has 0 saturated heterocycles. The van der Waals surface area contributed by atoms with E-state index >= 15 is 0 Å². The molecule has 0 unspecified atom stereocenters. The van der Waals surface area contributed by atoms with E-state index in [-0.39, 0.29) is 23.6 Å². The molecular formula is C14H18N2O5S. The van der Waals surface area contributed by atoms with Crippen molar-refractivity contribution in [2.75, 3.05) is 6.26 Å². The van der Waals surface area contributed by atoms with E-state index in [0.717, 1.165) is 0 Å². The third-order valence-electron chi connectivity index (χ3n) is 2.96. The third kappa shape index (κ3) is 4.73. The van der Waals surface area contributed by atoms with Crippen LogP contribution in [0.25, 0.3) is 0 Å². The first-order chi connectivity index (χ1) is 10.3. The second-order valence-electron chi connectivity index (χ2n) is 5.13. The molecule has 1 aromatic carbocycles. The topological polar surface area (TPSA) is 110 Å². The molecule has 1 aromatic rings. The van der Waals surface area contributed by atoms with Crippen molar-refractivity contribution in [1.29, 1.82) is 0 Å². The van der Waals surface area contributed by atoms with Crippen molar-refractivity contribution in [3.63, 3.8) is 0 Å². The van der Waals surface area contributed by atoms with Gasteiger partial charge in [-0.15, -0.1) is 11.8 Å². The number of carboxylic acid groups (broad SMARTS) is 1. The molecule has 0 aliphatic rings. The van der Waals surface area contributed by atoms with Crippen molar-refractivity contribution in [3.05, 3.63) is 33.9 Å². The second-order valence-corrected chi connectivity index (χ2v) is 6.01. The summed E-state index contributed by atoms with van der Waals surface area (Å²) in [5.41, 5.74) is -0.476. The third-order valence-corrected chi connectivity index (χ3v) is 3.68. The molecule has 22 heavy (non-hydrogen) atoms. The molecule has 0 aliphatic carbocycles. The van der Waals surface area contributed by atoms with Crippen LogP contribution in [-0.2, 0) is 4.79 Å². The fourth-order valence-corrected chi connectivity index (χ4v) is 2.35. The van der Waals surface area contributed by atoms with Gasteiger partial charge in [0.15, 0.2) is 0 Å². The van der Waals surface area contributed by atoms with Crippen LogP contribution in [0.5, 0.6) is 0 Å². The summed E-state index contributed by atoms with van der Waals surface area (Å²) in [5.74, 6) is -1.85. The number of nitrogens with one attached hydrogen (secondary N) is 1. The lowest BCUT2D eigenvalue weighted by Gasteiger charge is -2.16. The number of rotatable bonds is 7. The lowest BCUT2D eigenvalue weighted by Crippen LogP contribution is -2.41. The van der Waals surface area contributed by atoms with Crippen LogP contribution in [0.15, 0.2) is 23.1 Å². The molecule has 0 fully saturated rings. The molecule has 1 rings (SSSR count). The minimum absolute atomic E-state index is 0.0638. The highest BCUT2D eigenvalue weighted by atomic mass is 32.2. The first kappa shape index (κ1) is 18.0. The van der Waals surface area contributed by atoms with Gasteiger partial charge in [-0.2, -0.15) is 0 Å². The molecule has 0 radical (unpaired) electrons. The quantitative estimate of drug-likeness (QED) is 0.453. The van der Waals surface area contributed by atoms with E-state index < -0.39 is 22.8 Å². The fraction of sp³-hybridized carbons (Fsp3) is 0.429. The maximum Gasteiger partial charge on any atom is 0.326 e. The van der Waals surface area contributed by atoms with Gasteiger partial charge in [0.05, 0.1) is 4.92 Å². The van der Waals surface area contributed by atoms with Crippen molar-refractivity contribution in [2.24, 2.45) is 5.92 Å². The molecule has 8 heteroatoms. The summed E-state index contributed by atoms with van der Waals surface area (Å²) in [6, 6.07) is 3.11. The van der Waals surface area contributed by atoms with E-state index in [0.29, 0.717) is 4.90 Å². The van der Waals surface area contributed by atoms with Gasteiger partial charge < -0.3 is 10.4 Å². The Morgan fingerprint density at radius 2 is 2.05 bits per heavy atom. The normalized spacial score (nSPS) is 12.0. The molecule has 2 N–H and O–H groups in total. The zero-order valence-electron chi connectivity index (χ0n) is 12.5. The largest absolute Gasteiger partial charge is 0.480 e. The number of aliphatic carboxylic acids is 1. The first-order valence-corrected chi connectivity index (χ1v) is 7.84. The smallest absolute Gasteiger partial charge is 0.326 e. The number of nitro benzene ring substituents is 1. The van der Waals surface area contributed by atoms with Gasteiger partial charge in [0.1, 0.15) is 11.6 Å². The van der Waals surface area contributed by atoms with Crippen LogP contribution in [-0.4, -0.2) is 34.2 Å². The predicted molar refractivity (Wildman–Crippen MR) is 83.2 cm³/mol. The number of hydrogen-bond acceptors (Lipinski definition) is 5. The Labute approximate surface area is 132 Å². The van der Waals surface area contributed by atoms with Crippen molar-refractivity contribution in [1.82, 2.24) is 5.32 Å². The Morgan fingerprint density at radius 3 is 2.50 bits per heavy atom. The van der Waals surface area contributed by atoms with Gasteiger partial charge in [-0.05, 0) is 30.7 Å². The van der Waals surface area contributed by atoms with Gasteiger partial charge in [0.2, 0.25) is 0 Å². The van der Waals surface area contributed by atoms with Crippen molar-refractivity contribution >= 4 is 29.3 Å². The summed E-state index contributed by atoms with van der Waals surface area (Å²) < 4.78 is 0. The Hall–Kier alpha value is -2.09. The van der Waals surface area contributed by atoms with E-state index in [9.17, 15) is 19.7 Å². The highest BCUT2D eigenvalue weighted by Crippen LogP contribution is 2.25. The lowest BCUT2D eigenvalue weighted by molar-refractivity contribution is -0.385. The molecule has 0 aromatic heterocycles. The zero-order valence-corrected chi connectivity index (χ0v) is 13.3. The SMILES string of the molecule is CSc1ccc([N+](=O)[O-])c(C(=O)N[C@H](CC(C)C)C(=O)O)c1. The van der Waals surface area contributed by atoms with Gasteiger partial charge in [0, 0.05) is 11.0 Å². The summed E-state index contributed by atoms with van der Waals surface area (Å²) in [5, 5.41) is 22.5. The average molecular weight is 326 g/mol. The van der Waals surface area contributed by atoms with Gasteiger partial charge in [0.25, 0.3) is 11.6 Å². The number of carboxylic acids is 1. The maximum atomic E-state index is 12.2. The van der Waals surface area contributed by atoms with E-state index in [2.05, 4.69) is 5.32 Å². The minimum atomic E-state index is -1.16. The van der Waals surface area contributed by atoms with Crippen LogP contribution >= 0.6 is 11.8 Å². The Balaban J connectivity index is 3.09. The minimum Gasteiger partial charge on any atom is -0.480 e. The van der Waals surface area contributed by atoms with Crippen LogP contribution in [0.3, 0.4) is 0 Å². The highest BCUT2D eigenvalue weighted by Gasteiger charge is 2.26. The molecular weight excluding hydrogens is 308 g/mol. The number of nitrogens with zero attached hydrogens (tertiary/aromatic N) is 1. The Bertz CT molecular complexity index is 589. The number of carbonyl (C=O) groups is 2. The fourth-order valence-electron chi connectivity index (χ4n) is 1.91. The van der Waals surface area contributed by atoms with E-state index in [4.69, 9.17) is 5.11 Å². The van der Waals surface area contributed by atoms with Gasteiger partial charge in [-0.3, -0.25) is 14.9 Å². The molecule has 0 heterocycles. The summed E-state index contributed by atoms with van der Waals surface area (Å²) >= 11 is 1.34. The summed E-state index contributed by atoms with van der Waals surface area (Å²) in [7, 11) is 0. The first-order valence-electron chi connectivity index (χ1n) is 6.62. The van der Waals surface area contributed by atoms with E-state index in [1.165, 1.54) is 23.9 Å². The average Bonchev–Trinajstić information content (AvgIpc) is 2.44. The molecule has 0 saturated carbocycles.